The zero-order valence-corrected chi connectivity index (χ0v) is 18.8. The summed E-state index contributed by atoms with van der Waals surface area (Å²) in [5.74, 6) is 0. The Morgan fingerprint density at radius 3 is 0.800 bits per heavy atom. The lowest BCUT2D eigenvalue weighted by atomic mass is 10.2. The Hall–Kier alpha value is 1.38. The van der Waals surface area contributed by atoms with Crippen molar-refractivity contribution in [3.63, 3.8) is 0 Å². The average molecular weight is 510 g/mol. The standard InChI is InChI=1S/2C8H18N.2HI/c2*1-9(2,3)8-6-4-5-7-8;;/h2*8H,4-7H2,1-3H3;2*1H/q2*+1;;/p-2. The van der Waals surface area contributed by atoms with Crippen LogP contribution >= 0.6 is 0 Å². The van der Waals surface area contributed by atoms with E-state index in [2.05, 4.69) is 42.3 Å². The predicted octanol–water partition coefficient (Wildman–Crippen LogP) is -2.72. The van der Waals surface area contributed by atoms with Crippen molar-refractivity contribution in [2.24, 2.45) is 0 Å². The van der Waals surface area contributed by atoms with Crippen LogP contribution in [-0.2, 0) is 0 Å². The maximum atomic E-state index is 2.30. The normalized spacial score (nSPS) is 20.7. The van der Waals surface area contributed by atoms with Crippen molar-refractivity contribution in [1.29, 1.82) is 0 Å². The summed E-state index contributed by atoms with van der Waals surface area (Å²) in [7, 11) is 13.8. The first kappa shape index (κ1) is 23.6. The van der Waals surface area contributed by atoms with Gasteiger partial charge in [-0.3, -0.25) is 0 Å². The summed E-state index contributed by atoms with van der Waals surface area (Å²) >= 11 is 0. The predicted molar refractivity (Wildman–Crippen MR) is 80.6 cm³/mol. The molecule has 124 valence electrons. The second-order valence-electron chi connectivity index (χ2n) is 8.11. The van der Waals surface area contributed by atoms with Crippen LogP contribution in [0, 0.1) is 0 Å². The monoisotopic (exact) mass is 510 g/mol. The molecule has 2 fully saturated rings. The van der Waals surface area contributed by atoms with Crippen LogP contribution in [0.1, 0.15) is 51.4 Å². The van der Waals surface area contributed by atoms with Gasteiger partial charge in [-0.2, -0.15) is 0 Å². The first-order chi connectivity index (χ1) is 8.21. The van der Waals surface area contributed by atoms with Gasteiger partial charge in [-0.25, -0.2) is 0 Å². The molecule has 0 atom stereocenters. The largest absolute Gasteiger partial charge is 1.00 e. The van der Waals surface area contributed by atoms with E-state index in [1.165, 1.54) is 60.3 Å². The summed E-state index contributed by atoms with van der Waals surface area (Å²) in [5, 5.41) is 0. The minimum Gasteiger partial charge on any atom is -1.00 e. The molecule has 0 aromatic rings. The smallest absolute Gasteiger partial charge is 0.0884 e. The van der Waals surface area contributed by atoms with Crippen LogP contribution in [0.4, 0.5) is 0 Å². The SMILES string of the molecule is C[N+](C)(C)C1CCCC1.C[N+](C)(C)C1CCCC1.[I-].[I-]. The number of hydrogen-bond donors (Lipinski definition) is 0. The van der Waals surface area contributed by atoms with Gasteiger partial charge in [-0.1, -0.05) is 0 Å². The van der Waals surface area contributed by atoms with E-state index in [4.69, 9.17) is 0 Å². The molecule has 0 radical (unpaired) electrons. The highest BCUT2D eigenvalue weighted by molar-refractivity contribution is 4.66. The second kappa shape index (κ2) is 10.2. The first-order valence-electron chi connectivity index (χ1n) is 7.83. The van der Waals surface area contributed by atoms with Gasteiger partial charge in [0.2, 0.25) is 0 Å². The quantitative estimate of drug-likeness (QED) is 0.280. The minimum absolute atomic E-state index is 0. The molecule has 0 unspecified atom stereocenters. The molecule has 0 bridgehead atoms. The highest BCUT2D eigenvalue weighted by Gasteiger charge is 2.27. The summed E-state index contributed by atoms with van der Waals surface area (Å²) in [6, 6.07) is 1.90. The molecule has 0 aromatic heterocycles. The van der Waals surface area contributed by atoms with Gasteiger partial charge in [0.1, 0.15) is 0 Å². The lowest BCUT2D eigenvalue weighted by Gasteiger charge is -2.31. The Labute approximate surface area is 161 Å². The minimum atomic E-state index is 0. The van der Waals surface area contributed by atoms with E-state index < -0.39 is 0 Å². The van der Waals surface area contributed by atoms with Crippen LogP contribution in [0.15, 0.2) is 0 Å². The van der Waals surface area contributed by atoms with Crippen LogP contribution in [0.5, 0.6) is 0 Å². The molecule has 0 N–H and O–H groups in total. The molecule has 2 rings (SSSR count). The van der Waals surface area contributed by atoms with Gasteiger partial charge in [0, 0.05) is 0 Å². The van der Waals surface area contributed by atoms with Crippen LogP contribution in [0.2, 0.25) is 0 Å². The van der Waals surface area contributed by atoms with Crippen molar-refractivity contribution >= 4 is 0 Å². The molecule has 0 aromatic carbocycles. The van der Waals surface area contributed by atoms with Crippen molar-refractivity contribution < 1.29 is 56.9 Å². The number of rotatable bonds is 2. The van der Waals surface area contributed by atoms with Gasteiger partial charge in [0.15, 0.2) is 0 Å². The van der Waals surface area contributed by atoms with Crippen LogP contribution in [-0.4, -0.2) is 63.3 Å². The Bertz CT molecular complexity index is 206. The summed E-state index contributed by atoms with van der Waals surface area (Å²) in [6.07, 6.45) is 11.6. The third-order valence-electron chi connectivity index (χ3n) is 4.84. The maximum Gasteiger partial charge on any atom is 0.0884 e. The van der Waals surface area contributed by atoms with E-state index in [9.17, 15) is 0 Å². The van der Waals surface area contributed by atoms with Crippen molar-refractivity contribution in [2.45, 2.75) is 63.5 Å². The summed E-state index contributed by atoms with van der Waals surface area (Å²) in [6.45, 7) is 0. The molecule has 2 nitrogen and oxygen atoms in total. The molecule has 0 saturated heterocycles. The molecule has 0 aliphatic heterocycles. The zero-order valence-electron chi connectivity index (χ0n) is 14.5. The van der Waals surface area contributed by atoms with Gasteiger partial charge < -0.3 is 56.9 Å². The van der Waals surface area contributed by atoms with Crippen molar-refractivity contribution in [3.8, 4) is 0 Å². The molecular weight excluding hydrogens is 474 g/mol. The lowest BCUT2D eigenvalue weighted by molar-refractivity contribution is -0.895. The van der Waals surface area contributed by atoms with Crippen LogP contribution in [0.3, 0.4) is 0 Å². The van der Waals surface area contributed by atoms with E-state index in [-0.39, 0.29) is 48.0 Å². The fourth-order valence-electron chi connectivity index (χ4n) is 3.36. The molecule has 2 aliphatic carbocycles. The van der Waals surface area contributed by atoms with E-state index in [0.717, 1.165) is 12.1 Å². The zero-order chi connectivity index (χ0) is 13.8. The number of nitrogens with zero attached hydrogens (tertiary/aromatic N) is 2. The van der Waals surface area contributed by atoms with E-state index in [1.54, 1.807) is 0 Å². The van der Waals surface area contributed by atoms with E-state index in [0.29, 0.717) is 0 Å². The van der Waals surface area contributed by atoms with Crippen LogP contribution < -0.4 is 48.0 Å². The lowest BCUT2D eigenvalue weighted by Crippen LogP contribution is -3.00. The molecule has 0 amide bonds. The fourth-order valence-corrected chi connectivity index (χ4v) is 3.36. The molecule has 4 heteroatoms. The highest BCUT2D eigenvalue weighted by Crippen LogP contribution is 2.25. The number of hydrogen-bond acceptors (Lipinski definition) is 0. The molecule has 0 heterocycles. The summed E-state index contributed by atoms with van der Waals surface area (Å²) in [5.41, 5.74) is 0. The molecule has 20 heavy (non-hydrogen) atoms. The molecule has 2 saturated carbocycles. The summed E-state index contributed by atoms with van der Waals surface area (Å²) in [4.78, 5) is 0. The third kappa shape index (κ3) is 8.73. The second-order valence-corrected chi connectivity index (χ2v) is 8.11. The Morgan fingerprint density at radius 1 is 0.500 bits per heavy atom. The van der Waals surface area contributed by atoms with Crippen molar-refractivity contribution in [1.82, 2.24) is 0 Å². The fraction of sp³-hybridized carbons (Fsp3) is 1.00. The van der Waals surface area contributed by atoms with Gasteiger partial charge in [0.05, 0.1) is 54.4 Å². The van der Waals surface area contributed by atoms with E-state index in [1.807, 2.05) is 0 Å². The van der Waals surface area contributed by atoms with Gasteiger partial charge >= 0.3 is 0 Å². The first-order valence-corrected chi connectivity index (χ1v) is 7.83. The van der Waals surface area contributed by atoms with Gasteiger partial charge in [0.25, 0.3) is 0 Å². The number of quaternary nitrogens is 2. The Morgan fingerprint density at radius 2 is 0.700 bits per heavy atom. The average Bonchev–Trinajstić information content (AvgIpc) is 2.91. The summed E-state index contributed by atoms with van der Waals surface area (Å²) < 4.78 is 2.33. The van der Waals surface area contributed by atoms with Crippen molar-refractivity contribution in [3.05, 3.63) is 0 Å². The highest BCUT2D eigenvalue weighted by atomic mass is 127. The molecule has 2 aliphatic rings. The number of halogens is 2. The molecule has 0 spiro atoms. The Kier molecular flexibility index (Phi) is 12.1. The molecular formula is C16H36I2N2. The van der Waals surface area contributed by atoms with E-state index >= 15 is 0 Å². The van der Waals surface area contributed by atoms with Crippen molar-refractivity contribution in [2.75, 3.05) is 42.3 Å². The van der Waals surface area contributed by atoms with Crippen LogP contribution in [0.25, 0.3) is 0 Å². The maximum absolute atomic E-state index is 2.30. The Balaban J connectivity index is 0. The third-order valence-corrected chi connectivity index (χ3v) is 4.84. The van der Waals surface area contributed by atoms with Gasteiger partial charge in [-0.15, -0.1) is 0 Å². The van der Waals surface area contributed by atoms with Gasteiger partial charge in [-0.05, 0) is 51.4 Å². The topological polar surface area (TPSA) is 0 Å².